The molecule has 1 radical (unpaired) electrons. The summed E-state index contributed by atoms with van der Waals surface area (Å²) in [5.74, 6) is 0.200. The zero-order valence-electron chi connectivity index (χ0n) is 7.54. The van der Waals surface area contributed by atoms with Gasteiger partial charge in [0.05, 0.1) is 0 Å². The molecule has 0 aromatic heterocycles. The number of rotatable bonds is 3. The number of benzene rings is 1. The van der Waals surface area contributed by atoms with Crippen LogP contribution in [-0.4, -0.2) is 18.2 Å². The fraction of sp³-hybridized carbons (Fsp3) is 0.400. The first-order valence-electron chi connectivity index (χ1n) is 4.23. The SMILES string of the molecule is CCN(CC)c1c[c]c(O)cc1. The Morgan fingerprint density at radius 2 is 2.00 bits per heavy atom. The Hall–Kier alpha value is -1.18. The van der Waals surface area contributed by atoms with Gasteiger partial charge in [-0.1, -0.05) is 0 Å². The van der Waals surface area contributed by atoms with Crippen LogP contribution in [0.25, 0.3) is 0 Å². The molecule has 0 amide bonds. The van der Waals surface area contributed by atoms with Crippen molar-refractivity contribution in [3.8, 4) is 5.75 Å². The molecule has 0 unspecified atom stereocenters. The van der Waals surface area contributed by atoms with Crippen LogP contribution in [0.4, 0.5) is 5.69 Å². The highest BCUT2D eigenvalue weighted by Gasteiger charge is 1.99. The van der Waals surface area contributed by atoms with Crippen molar-refractivity contribution < 1.29 is 5.11 Å². The van der Waals surface area contributed by atoms with Crippen molar-refractivity contribution in [2.75, 3.05) is 18.0 Å². The van der Waals surface area contributed by atoms with E-state index in [-0.39, 0.29) is 5.75 Å². The number of anilines is 1. The Morgan fingerprint density at radius 3 is 2.42 bits per heavy atom. The second-order valence-electron chi connectivity index (χ2n) is 2.60. The fourth-order valence-corrected chi connectivity index (χ4v) is 1.19. The molecule has 0 atom stereocenters. The van der Waals surface area contributed by atoms with E-state index in [0.29, 0.717) is 0 Å². The van der Waals surface area contributed by atoms with E-state index >= 15 is 0 Å². The molecule has 2 heteroatoms. The van der Waals surface area contributed by atoms with Gasteiger partial charge < -0.3 is 10.0 Å². The van der Waals surface area contributed by atoms with Gasteiger partial charge in [0.15, 0.2) is 0 Å². The lowest BCUT2D eigenvalue weighted by atomic mass is 10.2. The monoisotopic (exact) mass is 164 g/mol. The van der Waals surface area contributed by atoms with Gasteiger partial charge in [-0.05, 0) is 32.0 Å². The van der Waals surface area contributed by atoms with E-state index in [1.165, 1.54) is 0 Å². The van der Waals surface area contributed by atoms with Crippen LogP contribution < -0.4 is 4.90 Å². The predicted octanol–water partition coefficient (Wildman–Crippen LogP) is 2.04. The molecule has 0 fully saturated rings. The van der Waals surface area contributed by atoms with Gasteiger partial charge in [-0.15, -0.1) is 0 Å². The van der Waals surface area contributed by atoms with Gasteiger partial charge >= 0.3 is 0 Å². The summed E-state index contributed by atoms with van der Waals surface area (Å²) >= 11 is 0. The van der Waals surface area contributed by atoms with Crippen molar-refractivity contribution >= 4 is 5.69 Å². The smallest absolute Gasteiger partial charge is 0.123 e. The lowest BCUT2D eigenvalue weighted by Gasteiger charge is -2.20. The van der Waals surface area contributed by atoms with Crippen molar-refractivity contribution in [2.45, 2.75) is 13.8 Å². The first-order chi connectivity index (χ1) is 5.77. The van der Waals surface area contributed by atoms with Gasteiger partial charge in [0.25, 0.3) is 0 Å². The quantitative estimate of drug-likeness (QED) is 0.739. The van der Waals surface area contributed by atoms with E-state index in [4.69, 9.17) is 5.11 Å². The van der Waals surface area contributed by atoms with Gasteiger partial charge in [-0.25, -0.2) is 0 Å². The highest BCUT2D eigenvalue weighted by atomic mass is 16.3. The summed E-state index contributed by atoms with van der Waals surface area (Å²) < 4.78 is 0. The Bertz CT molecular complexity index is 226. The van der Waals surface area contributed by atoms with Crippen LogP contribution in [0.1, 0.15) is 13.8 Å². The second kappa shape index (κ2) is 4.00. The Kier molecular flexibility index (Phi) is 2.97. The number of hydrogen-bond donors (Lipinski definition) is 1. The van der Waals surface area contributed by atoms with Crippen LogP contribution in [-0.2, 0) is 0 Å². The topological polar surface area (TPSA) is 23.5 Å². The van der Waals surface area contributed by atoms with Crippen LogP contribution in [0.2, 0.25) is 0 Å². The van der Waals surface area contributed by atoms with Gasteiger partial charge in [0.2, 0.25) is 0 Å². The fourth-order valence-electron chi connectivity index (χ4n) is 1.19. The third-order valence-electron chi connectivity index (χ3n) is 1.91. The molecular weight excluding hydrogens is 150 g/mol. The molecule has 0 heterocycles. The minimum atomic E-state index is 0.200. The first kappa shape index (κ1) is 8.91. The maximum Gasteiger partial charge on any atom is 0.123 e. The molecule has 65 valence electrons. The molecule has 1 aromatic carbocycles. The summed E-state index contributed by atoms with van der Waals surface area (Å²) in [6, 6.07) is 8.13. The number of phenolic OH excluding ortho intramolecular Hbond substituents is 1. The summed E-state index contributed by atoms with van der Waals surface area (Å²) in [7, 11) is 0. The zero-order chi connectivity index (χ0) is 8.97. The molecule has 1 aromatic rings. The number of hydrogen-bond acceptors (Lipinski definition) is 2. The number of nitrogens with zero attached hydrogens (tertiary/aromatic N) is 1. The Morgan fingerprint density at radius 1 is 1.33 bits per heavy atom. The van der Waals surface area contributed by atoms with Gasteiger partial charge in [0.1, 0.15) is 5.75 Å². The van der Waals surface area contributed by atoms with Crippen molar-refractivity contribution in [1.82, 2.24) is 0 Å². The highest BCUT2D eigenvalue weighted by molar-refractivity contribution is 5.47. The predicted molar refractivity (Wildman–Crippen MR) is 50.5 cm³/mol. The van der Waals surface area contributed by atoms with Gasteiger partial charge in [-0.2, -0.15) is 0 Å². The summed E-state index contributed by atoms with van der Waals surface area (Å²) in [5, 5.41) is 9.01. The number of phenols is 1. The third kappa shape index (κ3) is 1.91. The van der Waals surface area contributed by atoms with Crippen LogP contribution in [0.15, 0.2) is 18.2 Å². The second-order valence-corrected chi connectivity index (χ2v) is 2.60. The van der Waals surface area contributed by atoms with E-state index in [1.807, 2.05) is 12.1 Å². The van der Waals surface area contributed by atoms with Crippen molar-refractivity contribution in [2.24, 2.45) is 0 Å². The summed E-state index contributed by atoms with van der Waals surface area (Å²) in [6.45, 7) is 6.18. The molecular formula is C10H14NO. The third-order valence-corrected chi connectivity index (χ3v) is 1.91. The Balaban J connectivity index is 2.80. The van der Waals surface area contributed by atoms with Crippen LogP contribution in [0.5, 0.6) is 5.75 Å². The molecule has 0 aliphatic carbocycles. The van der Waals surface area contributed by atoms with Crippen molar-refractivity contribution in [1.29, 1.82) is 0 Å². The number of aromatic hydroxyl groups is 1. The van der Waals surface area contributed by atoms with E-state index in [2.05, 4.69) is 24.8 Å². The average Bonchev–Trinajstić information content (AvgIpc) is 2.10. The molecule has 0 bridgehead atoms. The molecule has 0 saturated carbocycles. The standard InChI is InChI=1S/C10H14NO/c1-3-11(4-2)9-5-7-10(12)8-6-9/h5-7,12H,3-4H2,1-2H3. The summed E-state index contributed by atoms with van der Waals surface area (Å²) in [4.78, 5) is 2.20. The van der Waals surface area contributed by atoms with Crippen molar-refractivity contribution in [3.63, 3.8) is 0 Å². The minimum absolute atomic E-state index is 0.200. The maximum absolute atomic E-state index is 9.01. The molecule has 12 heavy (non-hydrogen) atoms. The van der Waals surface area contributed by atoms with Gasteiger partial charge in [0, 0.05) is 24.8 Å². The summed E-state index contributed by atoms with van der Waals surface area (Å²) in [6.07, 6.45) is 0. The zero-order valence-corrected chi connectivity index (χ0v) is 7.54. The molecule has 2 nitrogen and oxygen atoms in total. The molecule has 1 N–H and O–H groups in total. The van der Waals surface area contributed by atoms with E-state index in [0.717, 1.165) is 18.8 Å². The first-order valence-corrected chi connectivity index (χ1v) is 4.23. The maximum atomic E-state index is 9.01. The van der Waals surface area contributed by atoms with Crippen LogP contribution in [0, 0.1) is 6.07 Å². The molecule has 0 aliphatic rings. The minimum Gasteiger partial charge on any atom is -0.507 e. The van der Waals surface area contributed by atoms with E-state index < -0.39 is 0 Å². The lowest BCUT2D eigenvalue weighted by molar-refractivity contribution is 0.474. The average molecular weight is 164 g/mol. The largest absolute Gasteiger partial charge is 0.507 e. The normalized spacial score (nSPS) is 9.83. The molecule has 0 saturated heterocycles. The Labute approximate surface area is 73.4 Å². The lowest BCUT2D eigenvalue weighted by Crippen LogP contribution is -2.21. The summed E-state index contributed by atoms with van der Waals surface area (Å²) in [5.41, 5.74) is 1.11. The highest BCUT2D eigenvalue weighted by Crippen LogP contribution is 2.16. The molecule has 1 rings (SSSR count). The van der Waals surface area contributed by atoms with Crippen LogP contribution in [0.3, 0.4) is 0 Å². The molecule has 0 spiro atoms. The van der Waals surface area contributed by atoms with E-state index in [9.17, 15) is 0 Å². The van der Waals surface area contributed by atoms with Crippen LogP contribution >= 0.6 is 0 Å². The van der Waals surface area contributed by atoms with Crippen molar-refractivity contribution in [3.05, 3.63) is 24.3 Å². The van der Waals surface area contributed by atoms with Gasteiger partial charge in [-0.3, -0.25) is 0 Å². The molecule has 0 aliphatic heterocycles. The van der Waals surface area contributed by atoms with E-state index in [1.54, 1.807) is 6.07 Å².